The van der Waals surface area contributed by atoms with Gasteiger partial charge in [0.15, 0.2) is 0 Å². The molecule has 0 aliphatic carbocycles. The van der Waals surface area contributed by atoms with Gasteiger partial charge in [-0.25, -0.2) is 14.8 Å². The zero-order valence-corrected chi connectivity index (χ0v) is 7.90. The summed E-state index contributed by atoms with van der Waals surface area (Å²) in [5.41, 5.74) is -0.969. The molecule has 0 atom stereocenters. The van der Waals surface area contributed by atoms with Crippen molar-refractivity contribution < 1.29 is 13.2 Å². The largest absolute Gasteiger partial charge is 0.406 e. The molecule has 0 amide bonds. The van der Waals surface area contributed by atoms with Crippen LogP contribution in [0.3, 0.4) is 0 Å². The molecule has 7 heteroatoms. The van der Waals surface area contributed by atoms with Crippen molar-refractivity contribution in [2.24, 2.45) is 0 Å². The van der Waals surface area contributed by atoms with Crippen LogP contribution >= 0.6 is 0 Å². The highest BCUT2D eigenvalue weighted by Gasteiger charge is 2.29. The number of alkyl halides is 3. The van der Waals surface area contributed by atoms with E-state index in [0.29, 0.717) is 9.95 Å². The smallest absolute Gasteiger partial charge is 0.267 e. The van der Waals surface area contributed by atoms with Crippen LogP contribution in [0.15, 0.2) is 29.3 Å². The van der Waals surface area contributed by atoms with Gasteiger partial charge in [0, 0.05) is 17.8 Å². The molecule has 0 spiro atoms. The van der Waals surface area contributed by atoms with Gasteiger partial charge in [-0.3, -0.25) is 4.57 Å². The maximum atomic E-state index is 12.2. The van der Waals surface area contributed by atoms with Crippen LogP contribution in [0.5, 0.6) is 0 Å². The van der Waals surface area contributed by atoms with E-state index in [1.54, 1.807) is 12.1 Å². The lowest BCUT2D eigenvalue weighted by Crippen LogP contribution is -2.30. The summed E-state index contributed by atoms with van der Waals surface area (Å²) in [4.78, 5) is 18.3. The van der Waals surface area contributed by atoms with Crippen LogP contribution in [-0.4, -0.2) is 20.7 Å². The molecule has 2 aromatic rings. The minimum absolute atomic E-state index is 0.0141. The summed E-state index contributed by atoms with van der Waals surface area (Å²) >= 11 is 0. The number of hydrogen-bond donors (Lipinski definition) is 0. The van der Waals surface area contributed by atoms with Crippen molar-refractivity contribution in [3.05, 3.63) is 35.0 Å². The van der Waals surface area contributed by atoms with E-state index < -0.39 is 18.4 Å². The SMILES string of the molecule is O=c1ncc2cccnc2n1CC(F)(F)F. The molecule has 0 bridgehead atoms. The molecular formula is C9H6F3N3O. The van der Waals surface area contributed by atoms with E-state index in [9.17, 15) is 18.0 Å². The highest BCUT2D eigenvalue weighted by molar-refractivity contribution is 5.73. The first-order valence-corrected chi connectivity index (χ1v) is 4.35. The van der Waals surface area contributed by atoms with E-state index in [4.69, 9.17) is 0 Å². The third-order valence-electron chi connectivity index (χ3n) is 1.95. The highest BCUT2D eigenvalue weighted by atomic mass is 19.4. The first-order valence-electron chi connectivity index (χ1n) is 4.35. The molecule has 0 aromatic carbocycles. The lowest BCUT2D eigenvalue weighted by molar-refractivity contribution is -0.140. The van der Waals surface area contributed by atoms with Crippen molar-refractivity contribution in [1.82, 2.24) is 14.5 Å². The van der Waals surface area contributed by atoms with E-state index in [1.807, 2.05) is 0 Å². The van der Waals surface area contributed by atoms with E-state index in [0.717, 1.165) is 0 Å². The quantitative estimate of drug-likeness (QED) is 0.741. The number of hydrogen-bond acceptors (Lipinski definition) is 3. The number of rotatable bonds is 1. The molecule has 0 aliphatic rings. The second-order valence-corrected chi connectivity index (χ2v) is 3.16. The molecule has 2 heterocycles. The molecule has 4 nitrogen and oxygen atoms in total. The van der Waals surface area contributed by atoms with Gasteiger partial charge in [0.1, 0.15) is 12.2 Å². The summed E-state index contributed by atoms with van der Waals surface area (Å²) in [7, 11) is 0. The summed E-state index contributed by atoms with van der Waals surface area (Å²) in [6, 6.07) is 3.11. The third kappa shape index (κ3) is 2.02. The van der Waals surface area contributed by atoms with Crippen LogP contribution in [0.1, 0.15) is 0 Å². The fraction of sp³-hybridized carbons (Fsp3) is 0.222. The normalized spacial score (nSPS) is 11.9. The number of nitrogens with zero attached hydrogens (tertiary/aromatic N) is 3. The maximum absolute atomic E-state index is 12.2. The predicted molar refractivity (Wildman–Crippen MR) is 49.9 cm³/mol. The van der Waals surface area contributed by atoms with Crippen LogP contribution in [0.25, 0.3) is 11.0 Å². The summed E-state index contributed by atoms with van der Waals surface area (Å²) in [5.74, 6) is 0. The fourth-order valence-corrected chi connectivity index (χ4v) is 1.34. The molecular weight excluding hydrogens is 223 g/mol. The average molecular weight is 229 g/mol. The average Bonchev–Trinajstić information content (AvgIpc) is 2.21. The molecule has 0 fully saturated rings. The zero-order valence-electron chi connectivity index (χ0n) is 7.90. The van der Waals surface area contributed by atoms with Gasteiger partial charge in [0.25, 0.3) is 0 Å². The van der Waals surface area contributed by atoms with Gasteiger partial charge < -0.3 is 0 Å². The molecule has 0 saturated carbocycles. The monoisotopic (exact) mass is 229 g/mol. The Morgan fingerprint density at radius 3 is 2.75 bits per heavy atom. The minimum Gasteiger partial charge on any atom is -0.267 e. The molecule has 16 heavy (non-hydrogen) atoms. The van der Waals surface area contributed by atoms with Crippen LogP contribution < -0.4 is 5.69 Å². The summed E-state index contributed by atoms with van der Waals surface area (Å²) in [6.07, 6.45) is -1.94. The van der Waals surface area contributed by atoms with Crippen LogP contribution in [-0.2, 0) is 6.54 Å². The Bertz CT molecular complexity index is 576. The van der Waals surface area contributed by atoms with E-state index in [-0.39, 0.29) is 5.65 Å². The topological polar surface area (TPSA) is 47.8 Å². The minimum atomic E-state index is -4.47. The van der Waals surface area contributed by atoms with Crippen molar-refractivity contribution in [2.75, 3.05) is 0 Å². The standard InChI is InChI=1S/C9H6F3N3O/c10-9(11,12)5-15-7-6(2-1-3-13-7)4-14-8(15)16/h1-4H,5H2. The fourth-order valence-electron chi connectivity index (χ4n) is 1.34. The first kappa shape index (κ1) is 10.6. The zero-order chi connectivity index (χ0) is 11.8. The van der Waals surface area contributed by atoms with Gasteiger partial charge in [-0.1, -0.05) is 0 Å². The maximum Gasteiger partial charge on any atom is 0.406 e. The van der Waals surface area contributed by atoms with Crippen molar-refractivity contribution in [1.29, 1.82) is 0 Å². The van der Waals surface area contributed by atoms with Gasteiger partial charge in [0.05, 0.1) is 0 Å². The van der Waals surface area contributed by atoms with Crippen molar-refractivity contribution >= 4 is 11.0 Å². The first-order chi connectivity index (χ1) is 7.47. The second kappa shape index (κ2) is 3.58. The summed E-state index contributed by atoms with van der Waals surface area (Å²) in [6.45, 7) is -1.38. The number of aromatic nitrogens is 3. The Hall–Kier alpha value is -1.92. The molecule has 0 unspecified atom stereocenters. The van der Waals surface area contributed by atoms with Crippen molar-refractivity contribution in [2.45, 2.75) is 12.7 Å². The Balaban J connectivity index is 2.66. The van der Waals surface area contributed by atoms with Gasteiger partial charge in [-0.15, -0.1) is 0 Å². The van der Waals surface area contributed by atoms with E-state index >= 15 is 0 Å². The molecule has 0 saturated heterocycles. The number of pyridine rings is 1. The lowest BCUT2D eigenvalue weighted by Gasteiger charge is -2.10. The molecule has 2 aromatic heterocycles. The second-order valence-electron chi connectivity index (χ2n) is 3.16. The van der Waals surface area contributed by atoms with Gasteiger partial charge >= 0.3 is 11.9 Å². The molecule has 0 aliphatic heterocycles. The Kier molecular flexibility index (Phi) is 2.37. The van der Waals surface area contributed by atoms with Crippen LogP contribution in [0.4, 0.5) is 13.2 Å². The van der Waals surface area contributed by atoms with Crippen LogP contribution in [0, 0.1) is 0 Å². The van der Waals surface area contributed by atoms with E-state index in [2.05, 4.69) is 9.97 Å². The Morgan fingerprint density at radius 1 is 1.31 bits per heavy atom. The number of fused-ring (bicyclic) bond motifs is 1. The van der Waals surface area contributed by atoms with Gasteiger partial charge in [-0.05, 0) is 12.1 Å². The number of halogens is 3. The van der Waals surface area contributed by atoms with Crippen LogP contribution in [0.2, 0.25) is 0 Å². The Morgan fingerprint density at radius 2 is 2.06 bits per heavy atom. The van der Waals surface area contributed by atoms with Gasteiger partial charge in [-0.2, -0.15) is 13.2 Å². The van der Waals surface area contributed by atoms with E-state index in [1.165, 1.54) is 12.4 Å². The lowest BCUT2D eigenvalue weighted by atomic mass is 10.3. The Labute approximate surface area is 87.4 Å². The molecule has 0 radical (unpaired) electrons. The molecule has 0 N–H and O–H groups in total. The van der Waals surface area contributed by atoms with Gasteiger partial charge in [0.2, 0.25) is 0 Å². The third-order valence-corrected chi connectivity index (χ3v) is 1.95. The highest BCUT2D eigenvalue weighted by Crippen LogP contribution is 2.18. The summed E-state index contributed by atoms with van der Waals surface area (Å²) < 4.78 is 37.2. The van der Waals surface area contributed by atoms with Crippen molar-refractivity contribution in [3.63, 3.8) is 0 Å². The molecule has 84 valence electrons. The van der Waals surface area contributed by atoms with Crippen molar-refractivity contribution in [3.8, 4) is 0 Å². The molecule has 2 rings (SSSR count). The summed E-state index contributed by atoms with van der Waals surface area (Å²) in [5, 5.41) is 0.395. The predicted octanol–water partition coefficient (Wildman–Crippen LogP) is 1.35.